The molecule has 1 unspecified atom stereocenters. The van der Waals surface area contributed by atoms with Crippen molar-refractivity contribution in [3.8, 4) is 5.75 Å². The minimum Gasteiger partial charge on any atom is -0.493 e. The Kier molecular flexibility index (Phi) is 5.25. The zero-order valence-corrected chi connectivity index (χ0v) is 13.2. The van der Waals surface area contributed by atoms with E-state index >= 15 is 0 Å². The van der Waals surface area contributed by atoms with Gasteiger partial charge in [0.1, 0.15) is 5.75 Å². The number of rotatable bonds is 5. The Morgan fingerprint density at radius 3 is 2.96 bits per heavy atom. The second-order valence-electron chi connectivity index (χ2n) is 5.86. The van der Waals surface area contributed by atoms with E-state index in [9.17, 15) is 4.79 Å². The van der Waals surface area contributed by atoms with Gasteiger partial charge in [-0.3, -0.25) is 9.78 Å². The minimum atomic E-state index is -0.00602. The van der Waals surface area contributed by atoms with Crippen molar-refractivity contribution in [3.63, 3.8) is 0 Å². The molecule has 3 rings (SSSR count). The molecule has 23 heavy (non-hydrogen) atoms. The molecule has 1 atom stereocenters. The molecule has 0 fully saturated rings. The lowest BCUT2D eigenvalue weighted by atomic mass is 9.96. The van der Waals surface area contributed by atoms with Crippen LogP contribution in [-0.4, -0.2) is 24.0 Å². The first-order valence-electron chi connectivity index (χ1n) is 8.21. The summed E-state index contributed by atoms with van der Waals surface area (Å²) >= 11 is 0. The number of carbonyl (C=O) groups excluding carboxylic acids is 1. The summed E-state index contributed by atoms with van der Waals surface area (Å²) in [6, 6.07) is 13.9. The summed E-state index contributed by atoms with van der Waals surface area (Å²) in [4.78, 5) is 16.7. The van der Waals surface area contributed by atoms with E-state index in [0.717, 1.165) is 42.7 Å². The van der Waals surface area contributed by atoms with Crippen LogP contribution in [0.5, 0.6) is 5.75 Å². The first-order chi connectivity index (χ1) is 11.3. The summed E-state index contributed by atoms with van der Waals surface area (Å²) in [7, 11) is 0. The number of ether oxygens (including phenoxy) is 1. The van der Waals surface area contributed by atoms with Crippen LogP contribution < -0.4 is 10.1 Å². The second kappa shape index (κ2) is 7.77. The maximum Gasteiger partial charge on any atom is 0.223 e. The van der Waals surface area contributed by atoms with Crippen molar-refractivity contribution in [3.05, 3.63) is 59.9 Å². The van der Waals surface area contributed by atoms with Crippen molar-refractivity contribution < 1.29 is 9.53 Å². The Hall–Kier alpha value is -2.36. The second-order valence-corrected chi connectivity index (χ2v) is 5.86. The minimum absolute atomic E-state index is 0.00602. The molecule has 1 N–H and O–H groups in total. The van der Waals surface area contributed by atoms with Gasteiger partial charge in [-0.15, -0.1) is 0 Å². The number of fused-ring (bicyclic) bond motifs is 1. The van der Waals surface area contributed by atoms with Gasteiger partial charge in [0.2, 0.25) is 5.91 Å². The van der Waals surface area contributed by atoms with E-state index in [1.165, 1.54) is 0 Å². The van der Waals surface area contributed by atoms with E-state index < -0.39 is 0 Å². The van der Waals surface area contributed by atoms with Gasteiger partial charge >= 0.3 is 0 Å². The molecular weight excluding hydrogens is 288 g/mol. The van der Waals surface area contributed by atoms with E-state index in [1.807, 2.05) is 42.5 Å². The topological polar surface area (TPSA) is 51.2 Å². The maximum absolute atomic E-state index is 12.4. The van der Waals surface area contributed by atoms with Crippen LogP contribution in [0.3, 0.4) is 0 Å². The van der Waals surface area contributed by atoms with Gasteiger partial charge in [0.25, 0.3) is 0 Å². The van der Waals surface area contributed by atoms with Crippen LogP contribution in [0.15, 0.2) is 48.7 Å². The van der Waals surface area contributed by atoms with Gasteiger partial charge in [-0.05, 0) is 49.4 Å². The van der Waals surface area contributed by atoms with E-state index in [0.29, 0.717) is 13.2 Å². The summed E-state index contributed by atoms with van der Waals surface area (Å²) in [6.45, 7) is 1.29. The van der Waals surface area contributed by atoms with Crippen LogP contribution in [0.4, 0.5) is 0 Å². The number of aryl methyl sites for hydroxylation is 1. The number of pyridine rings is 1. The summed E-state index contributed by atoms with van der Waals surface area (Å²) in [6.07, 6.45) is 5.11. The fraction of sp³-hybridized carbons (Fsp3) is 0.368. The molecule has 0 spiro atoms. The summed E-state index contributed by atoms with van der Waals surface area (Å²) in [5.74, 6) is 1.04. The first-order valence-corrected chi connectivity index (χ1v) is 8.21. The van der Waals surface area contributed by atoms with Gasteiger partial charge in [-0.25, -0.2) is 0 Å². The van der Waals surface area contributed by atoms with Crippen molar-refractivity contribution in [1.29, 1.82) is 0 Å². The molecule has 0 saturated heterocycles. The number of amides is 1. The molecule has 1 amide bonds. The lowest BCUT2D eigenvalue weighted by Gasteiger charge is -2.13. The van der Waals surface area contributed by atoms with Crippen LogP contribution in [-0.2, 0) is 17.6 Å². The molecule has 1 aliphatic rings. The van der Waals surface area contributed by atoms with Crippen molar-refractivity contribution >= 4 is 5.91 Å². The number of benzene rings is 1. The molecule has 0 saturated carbocycles. The van der Waals surface area contributed by atoms with Crippen LogP contribution in [0.1, 0.15) is 24.1 Å². The van der Waals surface area contributed by atoms with Gasteiger partial charge in [0, 0.05) is 24.4 Å². The predicted octanol–water partition coefficient (Wildman–Crippen LogP) is 2.77. The monoisotopic (exact) mass is 310 g/mol. The van der Waals surface area contributed by atoms with Crippen LogP contribution in [0.25, 0.3) is 0 Å². The highest BCUT2D eigenvalue weighted by atomic mass is 16.5. The molecule has 4 heteroatoms. The van der Waals surface area contributed by atoms with Crippen molar-refractivity contribution in [2.24, 2.45) is 5.92 Å². The number of carbonyl (C=O) groups is 1. The maximum atomic E-state index is 12.4. The summed E-state index contributed by atoms with van der Waals surface area (Å²) in [5.41, 5.74) is 2.19. The highest BCUT2D eigenvalue weighted by Gasteiger charge is 2.23. The largest absolute Gasteiger partial charge is 0.493 e. The highest BCUT2D eigenvalue weighted by Crippen LogP contribution is 2.26. The lowest BCUT2D eigenvalue weighted by Crippen LogP contribution is -2.33. The molecule has 1 aromatic carbocycles. The van der Waals surface area contributed by atoms with Gasteiger partial charge in [0.05, 0.1) is 6.61 Å². The fourth-order valence-corrected chi connectivity index (χ4v) is 2.89. The van der Waals surface area contributed by atoms with Gasteiger partial charge in [-0.1, -0.05) is 24.3 Å². The Balaban J connectivity index is 1.47. The third kappa shape index (κ3) is 4.31. The van der Waals surface area contributed by atoms with E-state index in [2.05, 4.69) is 10.3 Å². The average molecular weight is 310 g/mol. The lowest BCUT2D eigenvalue weighted by molar-refractivity contribution is -0.125. The third-order valence-corrected chi connectivity index (χ3v) is 4.17. The van der Waals surface area contributed by atoms with E-state index in [1.54, 1.807) is 6.20 Å². The number of nitrogens with zero attached hydrogens (tertiary/aromatic N) is 1. The SMILES string of the molecule is O=C(NCCCc1ccccn1)C1CCOc2ccccc2C1. The van der Waals surface area contributed by atoms with Crippen molar-refractivity contribution in [2.45, 2.75) is 25.7 Å². The van der Waals surface area contributed by atoms with Crippen LogP contribution >= 0.6 is 0 Å². The van der Waals surface area contributed by atoms with E-state index in [4.69, 9.17) is 4.74 Å². The first kappa shape index (κ1) is 15.5. The third-order valence-electron chi connectivity index (χ3n) is 4.17. The molecule has 2 heterocycles. The number of nitrogens with one attached hydrogen (secondary N) is 1. The van der Waals surface area contributed by atoms with Crippen LogP contribution in [0, 0.1) is 5.92 Å². The molecule has 2 aromatic rings. The summed E-state index contributed by atoms with van der Waals surface area (Å²) < 4.78 is 5.72. The van der Waals surface area contributed by atoms with Crippen molar-refractivity contribution in [2.75, 3.05) is 13.2 Å². The van der Waals surface area contributed by atoms with E-state index in [-0.39, 0.29) is 11.8 Å². The molecule has 4 nitrogen and oxygen atoms in total. The van der Waals surface area contributed by atoms with Crippen LogP contribution in [0.2, 0.25) is 0 Å². The zero-order valence-electron chi connectivity index (χ0n) is 13.2. The normalized spacial score (nSPS) is 16.8. The average Bonchev–Trinajstić information content (AvgIpc) is 2.82. The zero-order chi connectivity index (χ0) is 15.9. The molecule has 120 valence electrons. The Morgan fingerprint density at radius 1 is 1.22 bits per heavy atom. The molecule has 0 aliphatic carbocycles. The van der Waals surface area contributed by atoms with Gasteiger partial charge in [0.15, 0.2) is 0 Å². The quantitative estimate of drug-likeness (QED) is 0.864. The molecule has 0 radical (unpaired) electrons. The predicted molar refractivity (Wildman–Crippen MR) is 89.3 cm³/mol. The smallest absolute Gasteiger partial charge is 0.223 e. The van der Waals surface area contributed by atoms with Crippen molar-refractivity contribution in [1.82, 2.24) is 10.3 Å². The number of aromatic nitrogens is 1. The number of hydrogen-bond donors (Lipinski definition) is 1. The Labute approximate surface area is 136 Å². The molecule has 1 aromatic heterocycles. The summed E-state index contributed by atoms with van der Waals surface area (Å²) in [5, 5.41) is 3.06. The van der Waals surface area contributed by atoms with Gasteiger partial charge in [-0.2, -0.15) is 0 Å². The standard InChI is InChI=1S/C19H22N2O2/c22-19(21-12-5-8-17-7-3-4-11-20-17)16-10-13-23-18-9-2-1-6-15(18)14-16/h1-4,6-7,9,11,16H,5,8,10,12-14H2,(H,21,22). The highest BCUT2D eigenvalue weighted by molar-refractivity contribution is 5.79. The molecule has 0 bridgehead atoms. The molecular formula is C19H22N2O2. The number of para-hydroxylation sites is 1. The Morgan fingerprint density at radius 2 is 2.09 bits per heavy atom. The van der Waals surface area contributed by atoms with Gasteiger partial charge < -0.3 is 10.1 Å². The fourth-order valence-electron chi connectivity index (χ4n) is 2.89. The Bertz CT molecular complexity index is 643. The number of hydrogen-bond acceptors (Lipinski definition) is 3. The molecule has 1 aliphatic heterocycles.